The van der Waals surface area contributed by atoms with E-state index in [0.717, 1.165) is 18.5 Å². The first-order valence-electron chi connectivity index (χ1n) is 6.85. The molecule has 0 unspecified atom stereocenters. The van der Waals surface area contributed by atoms with Crippen molar-refractivity contribution in [1.29, 1.82) is 0 Å². The molecule has 4 N–H and O–H groups in total. The molecule has 0 spiro atoms. The molecule has 1 heterocycles. The van der Waals surface area contributed by atoms with Crippen LogP contribution in [0.15, 0.2) is 6.07 Å². The second-order valence-corrected chi connectivity index (χ2v) is 6.17. The molecule has 0 saturated heterocycles. The highest BCUT2D eigenvalue weighted by Gasteiger charge is 2.23. The van der Waals surface area contributed by atoms with Gasteiger partial charge in [-0.3, -0.25) is 9.89 Å². The van der Waals surface area contributed by atoms with E-state index in [0.29, 0.717) is 12.2 Å². The number of aromatic nitrogens is 2. The van der Waals surface area contributed by atoms with E-state index in [2.05, 4.69) is 36.3 Å². The molecular weight excluding hydrogens is 276 g/mol. The number of halogens is 1. The molecule has 0 aliphatic rings. The summed E-state index contributed by atoms with van der Waals surface area (Å²) in [7, 11) is 0. The fourth-order valence-electron chi connectivity index (χ4n) is 1.67. The smallest absolute Gasteiger partial charge is 0.271 e. The quantitative estimate of drug-likeness (QED) is 0.781. The highest BCUT2D eigenvalue weighted by molar-refractivity contribution is 5.92. The second kappa shape index (κ2) is 7.09. The average Bonchev–Trinajstić information content (AvgIpc) is 2.85. The van der Waals surface area contributed by atoms with Gasteiger partial charge in [-0.2, -0.15) is 5.10 Å². The predicted molar refractivity (Wildman–Crippen MR) is 84.4 cm³/mol. The zero-order valence-electron chi connectivity index (χ0n) is 13.0. The largest absolute Gasteiger partial charge is 0.349 e. The van der Waals surface area contributed by atoms with E-state index in [1.807, 2.05) is 13.8 Å². The van der Waals surface area contributed by atoms with Gasteiger partial charge in [-0.15, -0.1) is 12.4 Å². The van der Waals surface area contributed by atoms with Crippen molar-refractivity contribution >= 4 is 18.3 Å². The van der Waals surface area contributed by atoms with Gasteiger partial charge in [0.2, 0.25) is 0 Å². The van der Waals surface area contributed by atoms with Crippen molar-refractivity contribution in [3.63, 3.8) is 0 Å². The van der Waals surface area contributed by atoms with Gasteiger partial charge >= 0.3 is 0 Å². The third kappa shape index (κ3) is 4.80. The molecular formula is C14H27ClN4O. The molecule has 0 bridgehead atoms. The van der Waals surface area contributed by atoms with E-state index in [-0.39, 0.29) is 29.3 Å². The summed E-state index contributed by atoms with van der Waals surface area (Å²) in [6.07, 6.45) is 1.66. The zero-order chi connectivity index (χ0) is 14.7. The number of nitrogens with one attached hydrogen (secondary N) is 2. The maximum atomic E-state index is 12.0. The van der Waals surface area contributed by atoms with Crippen LogP contribution >= 0.6 is 12.4 Å². The number of carbonyl (C=O) groups is 1. The number of nitrogens with two attached hydrogens (primary N) is 1. The Morgan fingerprint density at radius 2 is 1.90 bits per heavy atom. The first kappa shape index (κ1) is 18.9. The lowest BCUT2D eigenvalue weighted by atomic mass is 9.92. The molecule has 1 aromatic rings. The molecule has 0 saturated carbocycles. The standard InChI is InChI=1S/C14H26N4O.ClH/c1-6-14(15,7-2)9-16-12(19)10-8-11(18-17-10)13(3,4)5;/h8H,6-7,9,15H2,1-5H3,(H,16,19)(H,17,18);1H. The lowest BCUT2D eigenvalue weighted by Gasteiger charge is -2.26. The van der Waals surface area contributed by atoms with Crippen molar-refractivity contribution in [2.24, 2.45) is 5.73 Å². The molecule has 1 aromatic heterocycles. The minimum atomic E-state index is -0.334. The number of carbonyl (C=O) groups excluding carboxylic acids is 1. The second-order valence-electron chi connectivity index (χ2n) is 6.17. The maximum Gasteiger partial charge on any atom is 0.271 e. The Hall–Kier alpha value is -1.07. The molecule has 0 radical (unpaired) electrons. The van der Waals surface area contributed by atoms with Gasteiger partial charge in [0.15, 0.2) is 0 Å². The van der Waals surface area contributed by atoms with Crippen LogP contribution in [0.4, 0.5) is 0 Å². The van der Waals surface area contributed by atoms with E-state index in [4.69, 9.17) is 5.73 Å². The number of hydrogen-bond acceptors (Lipinski definition) is 3. The van der Waals surface area contributed by atoms with Crippen molar-refractivity contribution in [1.82, 2.24) is 15.5 Å². The van der Waals surface area contributed by atoms with E-state index in [1.54, 1.807) is 6.07 Å². The number of H-pyrrole nitrogens is 1. The topological polar surface area (TPSA) is 83.8 Å². The van der Waals surface area contributed by atoms with Gasteiger partial charge in [0.25, 0.3) is 5.91 Å². The number of nitrogens with zero attached hydrogens (tertiary/aromatic N) is 1. The fourth-order valence-corrected chi connectivity index (χ4v) is 1.67. The van der Waals surface area contributed by atoms with Gasteiger partial charge in [0.1, 0.15) is 5.69 Å². The number of hydrogen-bond donors (Lipinski definition) is 3. The normalized spacial score (nSPS) is 11.9. The molecule has 116 valence electrons. The molecule has 0 aromatic carbocycles. The van der Waals surface area contributed by atoms with Crippen molar-refractivity contribution in [2.75, 3.05) is 6.54 Å². The van der Waals surface area contributed by atoms with Crippen LogP contribution in [0, 0.1) is 0 Å². The van der Waals surface area contributed by atoms with Crippen LogP contribution in [-0.4, -0.2) is 28.2 Å². The summed E-state index contributed by atoms with van der Waals surface area (Å²) in [5.74, 6) is -0.177. The van der Waals surface area contributed by atoms with E-state index >= 15 is 0 Å². The highest BCUT2D eigenvalue weighted by atomic mass is 35.5. The van der Waals surface area contributed by atoms with Crippen LogP contribution in [0.3, 0.4) is 0 Å². The Morgan fingerprint density at radius 3 is 2.30 bits per heavy atom. The maximum absolute atomic E-state index is 12.0. The summed E-state index contributed by atoms with van der Waals surface area (Å²) < 4.78 is 0. The Kier molecular flexibility index (Phi) is 6.71. The van der Waals surface area contributed by atoms with Crippen molar-refractivity contribution < 1.29 is 4.79 Å². The minimum absolute atomic E-state index is 0. The molecule has 0 fully saturated rings. The van der Waals surface area contributed by atoms with Gasteiger partial charge in [-0.1, -0.05) is 34.6 Å². The average molecular weight is 303 g/mol. The number of amides is 1. The number of rotatable bonds is 5. The van der Waals surface area contributed by atoms with Crippen LogP contribution in [0.2, 0.25) is 0 Å². The monoisotopic (exact) mass is 302 g/mol. The SMILES string of the molecule is CCC(N)(CC)CNC(=O)c1cc(C(C)(C)C)[nH]n1.Cl. The lowest BCUT2D eigenvalue weighted by molar-refractivity contribution is 0.0937. The van der Waals surface area contributed by atoms with Gasteiger partial charge in [0.05, 0.1) is 0 Å². The molecule has 1 rings (SSSR count). The summed E-state index contributed by atoms with van der Waals surface area (Å²) in [6, 6.07) is 1.80. The molecule has 0 aliphatic carbocycles. The fraction of sp³-hybridized carbons (Fsp3) is 0.714. The summed E-state index contributed by atoms with van der Waals surface area (Å²) in [5, 5.41) is 9.83. The van der Waals surface area contributed by atoms with Crippen LogP contribution in [0.25, 0.3) is 0 Å². The summed E-state index contributed by atoms with van der Waals surface area (Å²) in [4.78, 5) is 12.0. The Balaban J connectivity index is 0.00000361. The van der Waals surface area contributed by atoms with Crippen molar-refractivity contribution in [3.8, 4) is 0 Å². The van der Waals surface area contributed by atoms with Crippen LogP contribution in [0.1, 0.15) is 63.6 Å². The van der Waals surface area contributed by atoms with E-state index < -0.39 is 0 Å². The predicted octanol–water partition coefficient (Wildman–Crippen LogP) is 2.38. The van der Waals surface area contributed by atoms with Crippen molar-refractivity contribution in [2.45, 2.75) is 58.4 Å². The van der Waals surface area contributed by atoms with Gasteiger partial charge in [0, 0.05) is 23.2 Å². The van der Waals surface area contributed by atoms with Crippen LogP contribution < -0.4 is 11.1 Å². The summed E-state index contributed by atoms with van der Waals surface area (Å²) in [5.41, 5.74) is 7.14. The Bertz CT molecular complexity index is 433. The summed E-state index contributed by atoms with van der Waals surface area (Å²) >= 11 is 0. The number of aromatic amines is 1. The highest BCUT2D eigenvalue weighted by Crippen LogP contribution is 2.20. The molecule has 0 aliphatic heterocycles. The third-order valence-corrected chi connectivity index (χ3v) is 3.63. The minimum Gasteiger partial charge on any atom is -0.349 e. The van der Waals surface area contributed by atoms with E-state index in [9.17, 15) is 4.79 Å². The lowest BCUT2D eigenvalue weighted by Crippen LogP contribution is -2.49. The van der Waals surface area contributed by atoms with Gasteiger partial charge in [-0.05, 0) is 18.9 Å². The van der Waals surface area contributed by atoms with Gasteiger partial charge in [-0.25, -0.2) is 0 Å². The first-order chi connectivity index (χ1) is 8.72. The van der Waals surface area contributed by atoms with E-state index in [1.165, 1.54) is 0 Å². The Labute approximate surface area is 127 Å². The summed E-state index contributed by atoms with van der Waals surface area (Å²) in [6.45, 7) is 10.7. The van der Waals surface area contributed by atoms with Crippen LogP contribution in [0.5, 0.6) is 0 Å². The molecule has 20 heavy (non-hydrogen) atoms. The van der Waals surface area contributed by atoms with Gasteiger partial charge < -0.3 is 11.1 Å². The molecule has 6 heteroatoms. The van der Waals surface area contributed by atoms with Crippen molar-refractivity contribution in [3.05, 3.63) is 17.5 Å². The third-order valence-electron chi connectivity index (χ3n) is 3.63. The van der Waals surface area contributed by atoms with Crippen LogP contribution in [-0.2, 0) is 5.41 Å². The molecule has 0 atom stereocenters. The molecule has 5 nitrogen and oxygen atoms in total. The first-order valence-corrected chi connectivity index (χ1v) is 6.85. The Morgan fingerprint density at radius 1 is 1.35 bits per heavy atom. The molecule has 1 amide bonds. The zero-order valence-corrected chi connectivity index (χ0v) is 13.9.